The van der Waals surface area contributed by atoms with E-state index in [-0.39, 0.29) is 0 Å². The summed E-state index contributed by atoms with van der Waals surface area (Å²) in [5.74, 6) is 0. The second kappa shape index (κ2) is 24.1. The van der Waals surface area contributed by atoms with Gasteiger partial charge in [0.25, 0.3) is 0 Å². The topological polar surface area (TPSA) is 0 Å². The van der Waals surface area contributed by atoms with Gasteiger partial charge in [0.05, 0.1) is 0 Å². The highest BCUT2D eigenvalue weighted by Gasteiger charge is 1.65. The molecule has 0 rings (SSSR count). The van der Waals surface area contributed by atoms with Crippen molar-refractivity contribution in [2.45, 2.75) is 27.7 Å². The Labute approximate surface area is 66.0 Å². The minimum Gasteiger partial charge on any atom is -0.0985 e. The first-order valence-corrected chi connectivity index (χ1v) is 3.75. The van der Waals surface area contributed by atoms with Gasteiger partial charge < -0.3 is 0 Å². The molecule has 0 unspecified atom stereocenters. The van der Waals surface area contributed by atoms with Crippen LogP contribution in [-0.4, -0.2) is 0 Å². The normalized spacial score (nSPS) is 5.20. The second-order valence-corrected chi connectivity index (χ2v) is 0.983. The molecule has 0 fully saturated rings. The van der Waals surface area contributed by atoms with Crippen molar-refractivity contribution >= 4 is 0 Å². The van der Waals surface area contributed by atoms with Crippen LogP contribution in [0.25, 0.3) is 0 Å². The SMILES string of the molecule is C=CC(=C)C=C.CC.CC. The Kier molecular flexibility index (Phi) is 38.7. The molecule has 0 saturated carbocycles. The van der Waals surface area contributed by atoms with Crippen molar-refractivity contribution in [3.8, 4) is 0 Å². The van der Waals surface area contributed by atoms with Crippen LogP contribution in [0.3, 0.4) is 0 Å². The van der Waals surface area contributed by atoms with Gasteiger partial charge in [0, 0.05) is 0 Å². The first kappa shape index (κ1) is 16.1. The zero-order valence-corrected chi connectivity index (χ0v) is 7.78. The van der Waals surface area contributed by atoms with Crippen LogP contribution in [0.15, 0.2) is 37.5 Å². The Bertz CT molecular complexity index is 68.0. The third-order valence-corrected chi connectivity index (χ3v) is 0.524. The van der Waals surface area contributed by atoms with Gasteiger partial charge in [-0.2, -0.15) is 0 Å². The van der Waals surface area contributed by atoms with Crippen molar-refractivity contribution in [1.29, 1.82) is 0 Å². The molecule has 0 radical (unpaired) electrons. The molecule has 0 spiro atoms. The van der Waals surface area contributed by atoms with Gasteiger partial charge >= 0.3 is 0 Å². The zero-order chi connectivity index (χ0) is 8.99. The van der Waals surface area contributed by atoms with E-state index < -0.39 is 0 Å². The smallest absolute Gasteiger partial charge is 0.0340 e. The lowest BCUT2D eigenvalue weighted by atomic mass is 10.3. The molecule has 0 atom stereocenters. The molecule has 0 aromatic heterocycles. The summed E-state index contributed by atoms with van der Waals surface area (Å²) in [6, 6.07) is 0. The fourth-order valence-corrected chi connectivity index (χ4v) is 0.0833. The molecule has 0 bridgehead atoms. The molecule has 0 aliphatic heterocycles. The largest absolute Gasteiger partial charge is 0.0985 e. The molecule has 0 aliphatic rings. The number of rotatable bonds is 2. The lowest BCUT2D eigenvalue weighted by Gasteiger charge is -1.76. The monoisotopic (exact) mass is 140 g/mol. The number of allylic oxidation sites excluding steroid dienone is 3. The van der Waals surface area contributed by atoms with E-state index >= 15 is 0 Å². The van der Waals surface area contributed by atoms with Gasteiger partial charge in [-0.1, -0.05) is 59.6 Å². The molecule has 0 heterocycles. The van der Waals surface area contributed by atoms with E-state index in [0.29, 0.717) is 0 Å². The molecule has 0 aromatic carbocycles. The number of hydrogen-bond donors (Lipinski definition) is 0. The maximum Gasteiger partial charge on any atom is -0.0340 e. The van der Waals surface area contributed by atoms with Gasteiger partial charge in [0.15, 0.2) is 0 Å². The highest BCUT2D eigenvalue weighted by molar-refractivity contribution is 5.22. The lowest BCUT2D eigenvalue weighted by molar-refractivity contribution is 1.50. The lowest BCUT2D eigenvalue weighted by Crippen LogP contribution is -1.55. The van der Waals surface area contributed by atoms with Crippen LogP contribution < -0.4 is 0 Å². The summed E-state index contributed by atoms with van der Waals surface area (Å²) in [6.45, 7) is 18.5. The Morgan fingerprint density at radius 1 is 0.900 bits per heavy atom. The third-order valence-electron chi connectivity index (χ3n) is 0.524. The average molecular weight is 140 g/mol. The highest BCUT2D eigenvalue weighted by atomic mass is 13.7. The number of hydrogen-bond acceptors (Lipinski definition) is 0. The van der Waals surface area contributed by atoms with Crippen molar-refractivity contribution in [2.75, 3.05) is 0 Å². The van der Waals surface area contributed by atoms with Crippen LogP contribution in [0.2, 0.25) is 0 Å². The molecule has 0 heteroatoms. The van der Waals surface area contributed by atoms with E-state index in [0.717, 1.165) is 5.57 Å². The maximum absolute atomic E-state index is 3.56. The summed E-state index contributed by atoms with van der Waals surface area (Å²) in [7, 11) is 0. The first-order valence-electron chi connectivity index (χ1n) is 3.75. The van der Waals surface area contributed by atoms with Crippen LogP contribution in [0.1, 0.15) is 27.7 Å². The van der Waals surface area contributed by atoms with Gasteiger partial charge in [-0.25, -0.2) is 0 Å². The average Bonchev–Trinajstić information content (AvgIpc) is 2.10. The van der Waals surface area contributed by atoms with Crippen LogP contribution in [0.4, 0.5) is 0 Å². The minimum absolute atomic E-state index is 0.870. The van der Waals surface area contributed by atoms with Crippen LogP contribution in [-0.2, 0) is 0 Å². The van der Waals surface area contributed by atoms with Gasteiger partial charge in [0.1, 0.15) is 0 Å². The van der Waals surface area contributed by atoms with Gasteiger partial charge in [-0.15, -0.1) is 0 Å². The van der Waals surface area contributed by atoms with Crippen LogP contribution in [0, 0.1) is 0 Å². The van der Waals surface area contributed by atoms with Crippen molar-refractivity contribution in [3.63, 3.8) is 0 Å². The molecule has 0 aliphatic carbocycles. The predicted octanol–water partition coefficient (Wildman–Crippen LogP) is 3.97. The van der Waals surface area contributed by atoms with Crippen molar-refractivity contribution < 1.29 is 0 Å². The fourth-order valence-electron chi connectivity index (χ4n) is 0.0833. The summed E-state index contributed by atoms with van der Waals surface area (Å²) >= 11 is 0. The Morgan fingerprint density at radius 3 is 1.10 bits per heavy atom. The predicted molar refractivity (Wildman–Crippen MR) is 52.2 cm³/mol. The standard InChI is InChI=1S/C6H8.2C2H6/c1-4-6(3)5-2;2*1-2/h4-5H,1-3H2;2*1-2H3. The Morgan fingerprint density at radius 2 is 1.10 bits per heavy atom. The summed E-state index contributed by atoms with van der Waals surface area (Å²) < 4.78 is 0. The molecule has 0 amide bonds. The highest BCUT2D eigenvalue weighted by Crippen LogP contribution is 1.86. The first-order chi connectivity index (χ1) is 4.81. The van der Waals surface area contributed by atoms with Crippen LogP contribution >= 0.6 is 0 Å². The van der Waals surface area contributed by atoms with Crippen LogP contribution in [0.5, 0.6) is 0 Å². The van der Waals surface area contributed by atoms with E-state index in [4.69, 9.17) is 0 Å². The zero-order valence-electron chi connectivity index (χ0n) is 7.78. The molecule has 0 saturated heterocycles. The molecule has 10 heavy (non-hydrogen) atoms. The molecule has 60 valence electrons. The maximum atomic E-state index is 3.56. The molecule has 0 nitrogen and oxygen atoms in total. The molecular weight excluding hydrogens is 120 g/mol. The van der Waals surface area contributed by atoms with Gasteiger partial charge in [-0.05, 0) is 5.57 Å². The minimum atomic E-state index is 0.870. The molecular formula is C10H20. The van der Waals surface area contributed by atoms with E-state index in [1.54, 1.807) is 12.2 Å². The third kappa shape index (κ3) is 26.9. The second-order valence-electron chi connectivity index (χ2n) is 0.983. The fraction of sp³-hybridized carbons (Fsp3) is 0.400. The van der Waals surface area contributed by atoms with Crippen molar-refractivity contribution in [3.05, 3.63) is 37.5 Å². The summed E-state index contributed by atoms with van der Waals surface area (Å²) in [6.07, 6.45) is 3.32. The van der Waals surface area contributed by atoms with Crippen molar-refractivity contribution in [1.82, 2.24) is 0 Å². The van der Waals surface area contributed by atoms with E-state index in [1.807, 2.05) is 27.7 Å². The summed E-state index contributed by atoms with van der Waals surface area (Å²) in [4.78, 5) is 0. The van der Waals surface area contributed by atoms with Gasteiger partial charge in [0.2, 0.25) is 0 Å². The van der Waals surface area contributed by atoms with E-state index in [1.165, 1.54) is 0 Å². The quantitative estimate of drug-likeness (QED) is 0.509. The summed E-state index contributed by atoms with van der Waals surface area (Å²) in [5.41, 5.74) is 0.870. The molecule has 0 aromatic rings. The van der Waals surface area contributed by atoms with E-state index in [9.17, 15) is 0 Å². The van der Waals surface area contributed by atoms with Crippen molar-refractivity contribution in [2.24, 2.45) is 0 Å². The molecule has 0 N–H and O–H groups in total. The summed E-state index contributed by atoms with van der Waals surface area (Å²) in [5, 5.41) is 0. The van der Waals surface area contributed by atoms with E-state index in [2.05, 4.69) is 19.7 Å². The Balaban J connectivity index is -0.000000105. The Hall–Kier alpha value is -0.780. The van der Waals surface area contributed by atoms with Gasteiger partial charge in [-0.3, -0.25) is 0 Å².